The summed E-state index contributed by atoms with van der Waals surface area (Å²) in [5.74, 6) is -0.259. The second-order valence-electron chi connectivity index (χ2n) is 5.50. The van der Waals surface area contributed by atoms with Gasteiger partial charge in [0.25, 0.3) is 11.1 Å². The van der Waals surface area contributed by atoms with Crippen molar-refractivity contribution >= 4 is 40.9 Å². The number of methoxy groups -OCH3 is 2. The number of esters is 1. The van der Waals surface area contributed by atoms with Crippen LogP contribution in [0.5, 0.6) is 11.5 Å². The number of amides is 3. The molecule has 1 saturated heterocycles. The van der Waals surface area contributed by atoms with Crippen molar-refractivity contribution in [2.45, 2.75) is 0 Å². The van der Waals surface area contributed by atoms with Gasteiger partial charge in [-0.1, -0.05) is 11.8 Å². The van der Waals surface area contributed by atoms with Gasteiger partial charge in [-0.15, -0.1) is 0 Å². The van der Waals surface area contributed by atoms with Crippen LogP contribution in [0.1, 0.15) is 5.56 Å². The maximum atomic E-state index is 11.8. The third kappa shape index (κ3) is 6.02. The molecular weight excluding hydrogens is 388 g/mol. The number of ether oxygens (including phenoxy) is 3. The van der Waals surface area contributed by atoms with Gasteiger partial charge >= 0.3 is 5.97 Å². The first-order chi connectivity index (χ1) is 13.4. The molecule has 1 aromatic rings. The molecule has 0 aliphatic carbocycles. The number of hydrogen-bond donors (Lipinski definition) is 1. The third-order valence-electron chi connectivity index (χ3n) is 3.68. The molecule has 0 spiro atoms. The quantitative estimate of drug-likeness (QED) is 0.477. The lowest BCUT2D eigenvalue weighted by molar-refractivity contribution is -0.143. The van der Waals surface area contributed by atoms with Crippen molar-refractivity contribution in [1.82, 2.24) is 10.2 Å². The first-order valence-corrected chi connectivity index (χ1v) is 9.24. The average molecular weight is 408 g/mol. The van der Waals surface area contributed by atoms with Crippen molar-refractivity contribution in [2.75, 3.05) is 39.7 Å². The van der Waals surface area contributed by atoms with E-state index in [1.165, 1.54) is 26.4 Å². The minimum absolute atomic E-state index is 0.0832. The summed E-state index contributed by atoms with van der Waals surface area (Å²) in [5.41, 5.74) is 0.612. The largest absolute Gasteiger partial charge is 0.497 e. The molecule has 0 atom stereocenters. The predicted octanol–water partition coefficient (Wildman–Crippen LogP) is 1.07. The van der Waals surface area contributed by atoms with Gasteiger partial charge in [0.2, 0.25) is 5.91 Å². The van der Waals surface area contributed by atoms with E-state index < -0.39 is 18.5 Å². The monoisotopic (exact) mass is 408 g/mol. The van der Waals surface area contributed by atoms with Crippen LogP contribution < -0.4 is 14.8 Å². The van der Waals surface area contributed by atoms with Crippen LogP contribution in [0, 0.1) is 0 Å². The maximum absolute atomic E-state index is 11.8. The number of imide groups is 1. The first kappa shape index (κ1) is 21.3. The Hall–Kier alpha value is -3.01. The predicted molar refractivity (Wildman–Crippen MR) is 102 cm³/mol. The summed E-state index contributed by atoms with van der Waals surface area (Å²) in [4.78, 5) is 47.4. The van der Waals surface area contributed by atoms with E-state index in [-0.39, 0.29) is 30.0 Å². The first-order valence-electron chi connectivity index (χ1n) is 8.25. The van der Waals surface area contributed by atoms with Crippen LogP contribution in [0.4, 0.5) is 4.79 Å². The van der Waals surface area contributed by atoms with E-state index >= 15 is 0 Å². The van der Waals surface area contributed by atoms with Crippen LogP contribution in [-0.2, 0) is 19.1 Å². The van der Waals surface area contributed by atoms with E-state index in [0.29, 0.717) is 17.1 Å². The van der Waals surface area contributed by atoms with Crippen molar-refractivity contribution in [3.8, 4) is 11.5 Å². The minimum atomic E-state index is -0.707. The highest BCUT2D eigenvalue weighted by Crippen LogP contribution is 2.25. The molecular formula is C18H20N2O7S. The number of benzene rings is 1. The van der Waals surface area contributed by atoms with E-state index in [0.717, 1.165) is 16.7 Å². The summed E-state index contributed by atoms with van der Waals surface area (Å²) < 4.78 is 15.2. The van der Waals surface area contributed by atoms with E-state index in [4.69, 9.17) is 14.2 Å². The van der Waals surface area contributed by atoms with Crippen LogP contribution in [0.15, 0.2) is 24.3 Å². The van der Waals surface area contributed by atoms with Gasteiger partial charge in [-0.05, 0) is 24.3 Å². The molecule has 1 fully saturated rings. The van der Waals surface area contributed by atoms with Gasteiger partial charge in [0, 0.05) is 24.7 Å². The number of carbonyl (C=O) groups excluding carboxylic acids is 4. The molecule has 0 bridgehead atoms. The van der Waals surface area contributed by atoms with Crippen molar-refractivity contribution in [3.05, 3.63) is 29.8 Å². The molecule has 3 amide bonds. The minimum Gasteiger partial charge on any atom is -0.497 e. The maximum Gasteiger partial charge on any atom is 0.331 e. The highest BCUT2D eigenvalue weighted by Gasteiger charge is 2.29. The van der Waals surface area contributed by atoms with Crippen LogP contribution >= 0.6 is 11.8 Å². The van der Waals surface area contributed by atoms with Crippen molar-refractivity contribution in [3.63, 3.8) is 0 Å². The Labute approximate surface area is 166 Å². The molecule has 1 aromatic carbocycles. The van der Waals surface area contributed by atoms with E-state index in [1.54, 1.807) is 18.2 Å². The second kappa shape index (κ2) is 10.4. The lowest BCUT2D eigenvalue weighted by atomic mass is 10.1. The van der Waals surface area contributed by atoms with Crippen molar-refractivity contribution in [2.24, 2.45) is 0 Å². The molecule has 1 aliphatic rings. The lowest BCUT2D eigenvalue weighted by Gasteiger charge is -2.12. The molecule has 28 heavy (non-hydrogen) atoms. The Kier molecular flexibility index (Phi) is 7.88. The molecule has 9 nitrogen and oxygen atoms in total. The van der Waals surface area contributed by atoms with Gasteiger partial charge in [0.15, 0.2) is 6.61 Å². The normalized spacial score (nSPS) is 13.7. The molecule has 10 heteroatoms. The number of nitrogens with zero attached hydrogens (tertiary/aromatic N) is 1. The Morgan fingerprint density at radius 1 is 1.25 bits per heavy atom. The number of carbonyl (C=O) groups is 4. The van der Waals surface area contributed by atoms with Gasteiger partial charge in [-0.3, -0.25) is 19.3 Å². The van der Waals surface area contributed by atoms with Gasteiger partial charge in [0.1, 0.15) is 11.5 Å². The van der Waals surface area contributed by atoms with Gasteiger partial charge in [0.05, 0.1) is 20.0 Å². The van der Waals surface area contributed by atoms with Crippen LogP contribution in [-0.4, -0.2) is 67.6 Å². The van der Waals surface area contributed by atoms with Gasteiger partial charge in [-0.2, -0.15) is 0 Å². The lowest BCUT2D eigenvalue weighted by Crippen LogP contribution is -2.38. The Bertz CT molecular complexity index is 778. The number of rotatable bonds is 9. The summed E-state index contributed by atoms with van der Waals surface area (Å²) in [6.07, 6.45) is 2.66. The highest BCUT2D eigenvalue weighted by atomic mass is 32.2. The summed E-state index contributed by atoms with van der Waals surface area (Å²) in [7, 11) is 3.03. The topological polar surface area (TPSA) is 111 Å². The molecule has 150 valence electrons. The Morgan fingerprint density at radius 2 is 2.04 bits per heavy atom. The van der Waals surface area contributed by atoms with Crippen LogP contribution in [0.3, 0.4) is 0 Å². The SMILES string of the molecule is COc1ccc(OC)c(/C=C/C(=O)OCC(=O)NCCN2C(=O)CSC2=O)c1. The third-order valence-corrected chi connectivity index (χ3v) is 4.54. The Morgan fingerprint density at radius 3 is 2.68 bits per heavy atom. The number of nitrogens with one attached hydrogen (secondary N) is 1. The van der Waals surface area contributed by atoms with E-state index in [2.05, 4.69) is 5.32 Å². The fraction of sp³-hybridized carbons (Fsp3) is 0.333. The molecule has 2 rings (SSSR count). The van der Waals surface area contributed by atoms with E-state index in [1.807, 2.05) is 0 Å². The van der Waals surface area contributed by atoms with Gasteiger partial charge < -0.3 is 19.5 Å². The number of hydrogen-bond acceptors (Lipinski definition) is 8. The summed E-state index contributed by atoms with van der Waals surface area (Å²) >= 11 is 0.926. The fourth-order valence-electron chi connectivity index (χ4n) is 2.27. The standard InChI is InChI=1S/C18H20N2O7S/c1-25-13-4-5-14(26-2)12(9-13)3-6-17(23)27-10-15(21)19-7-8-20-16(22)11-28-18(20)24/h3-6,9H,7-8,10-11H2,1-2H3,(H,19,21)/b6-3+. The summed E-state index contributed by atoms with van der Waals surface area (Å²) in [6, 6.07) is 5.11. The molecule has 0 saturated carbocycles. The summed E-state index contributed by atoms with van der Waals surface area (Å²) in [5, 5.41) is 2.15. The van der Waals surface area contributed by atoms with Crippen molar-refractivity contribution < 1.29 is 33.4 Å². The zero-order chi connectivity index (χ0) is 20.5. The molecule has 0 radical (unpaired) electrons. The van der Waals surface area contributed by atoms with E-state index in [9.17, 15) is 19.2 Å². The smallest absolute Gasteiger partial charge is 0.331 e. The van der Waals surface area contributed by atoms with Crippen molar-refractivity contribution in [1.29, 1.82) is 0 Å². The molecule has 1 aliphatic heterocycles. The zero-order valence-electron chi connectivity index (χ0n) is 15.4. The molecule has 1 N–H and O–H groups in total. The Balaban J connectivity index is 1.76. The van der Waals surface area contributed by atoms with Crippen LogP contribution in [0.2, 0.25) is 0 Å². The molecule has 1 heterocycles. The average Bonchev–Trinajstić information content (AvgIpc) is 3.02. The molecule has 0 aromatic heterocycles. The zero-order valence-corrected chi connectivity index (χ0v) is 16.2. The van der Waals surface area contributed by atoms with Gasteiger partial charge in [-0.25, -0.2) is 4.79 Å². The summed E-state index contributed by atoms with van der Waals surface area (Å²) in [6.45, 7) is -0.305. The number of thioether (sulfide) groups is 1. The second-order valence-corrected chi connectivity index (χ2v) is 6.43. The highest BCUT2D eigenvalue weighted by molar-refractivity contribution is 8.14. The molecule has 0 unspecified atom stereocenters. The van der Waals surface area contributed by atoms with Crippen LogP contribution in [0.25, 0.3) is 6.08 Å². The fourth-order valence-corrected chi connectivity index (χ4v) is 3.02.